The van der Waals surface area contributed by atoms with E-state index in [0.717, 1.165) is 81.8 Å². The molecule has 2 aliphatic rings. The maximum atomic E-state index is 12.8. The molecule has 2 N–H and O–H groups in total. The van der Waals surface area contributed by atoms with Crippen LogP contribution in [-0.4, -0.2) is 53.1 Å². The molecule has 39 heavy (non-hydrogen) atoms. The third-order valence-electron chi connectivity index (χ3n) is 8.10. The second kappa shape index (κ2) is 14.5. The van der Waals surface area contributed by atoms with Crippen molar-refractivity contribution in [1.29, 1.82) is 5.26 Å². The number of aliphatic hydroxyl groups is 1. The Morgan fingerprint density at radius 2 is 1.82 bits per heavy atom. The molecule has 0 atom stereocenters. The molecule has 4 rings (SSSR count). The number of nitrogens with one attached hydrogen (secondary N) is 1. The molecule has 1 saturated carbocycles. The lowest BCUT2D eigenvalue weighted by Gasteiger charge is -2.32. The fraction of sp³-hybridized carbons (Fsp3) is 0.600. The summed E-state index contributed by atoms with van der Waals surface area (Å²) in [5.41, 5.74) is 1.58. The highest BCUT2D eigenvalue weighted by atomic mass is 35.5. The molecule has 2 fully saturated rings. The molecular weight excluding hydrogens is 514 g/mol. The average Bonchev–Trinajstić information content (AvgIpc) is 2.97. The smallest absolute Gasteiger partial charge is 0.272 e. The van der Waals surface area contributed by atoms with Crippen LogP contribution in [-0.2, 0) is 0 Å². The molecule has 1 aliphatic heterocycles. The van der Waals surface area contributed by atoms with Crippen LogP contribution in [0.5, 0.6) is 5.75 Å². The van der Waals surface area contributed by atoms with Gasteiger partial charge in [-0.05, 0) is 82.1 Å². The summed E-state index contributed by atoms with van der Waals surface area (Å²) in [6, 6.07) is 9.35. The van der Waals surface area contributed by atoms with Crippen LogP contribution >= 0.6 is 11.6 Å². The van der Waals surface area contributed by atoms with Crippen molar-refractivity contribution in [3.05, 3.63) is 46.1 Å². The van der Waals surface area contributed by atoms with Crippen molar-refractivity contribution in [2.45, 2.75) is 89.7 Å². The van der Waals surface area contributed by atoms with Gasteiger partial charge in [-0.15, -0.1) is 10.2 Å². The van der Waals surface area contributed by atoms with Crippen LogP contribution in [0, 0.1) is 24.2 Å². The van der Waals surface area contributed by atoms with E-state index in [0.29, 0.717) is 28.6 Å². The fourth-order valence-corrected chi connectivity index (χ4v) is 5.81. The van der Waals surface area contributed by atoms with Crippen LogP contribution in [0.15, 0.2) is 24.3 Å². The van der Waals surface area contributed by atoms with E-state index in [-0.39, 0.29) is 18.1 Å². The van der Waals surface area contributed by atoms with Crippen LogP contribution in [0.2, 0.25) is 5.02 Å². The monoisotopic (exact) mass is 553 g/mol. The third-order valence-corrected chi connectivity index (χ3v) is 8.59. The van der Waals surface area contributed by atoms with E-state index < -0.39 is 0 Å². The van der Waals surface area contributed by atoms with Gasteiger partial charge in [0.05, 0.1) is 16.7 Å². The van der Waals surface area contributed by atoms with Gasteiger partial charge >= 0.3 is 0 Å². The van der Waals surface area contributed by atoms with Crippen molar-refractivity contribution >= 4 is 23.3 Å². The van der Waals surface area contributed by atoms with E-state index in [1.165, 1.54) is 19.3 Å². The molecule has 2 heterocycles. The molecule has 0 radical (unpaired) electrons. The van der Waals surface area contributed by atoms with Crippen LogP contribution in [0.25, 0.3) is 0 Å². The molecule has 9 heteroatoms. The van der Waals surface area contributed by atoms with Gasteiger partial charge < -0.3 is 20.1 Å². The van der Waals surface area contributed by atoms with Gasteiger partial charge in [0.2, 0.25) is 0 Å². The van der Waals surface area contributed by atoms with Crippen molar-refractivity contribution in [2.24, 2.45) is 5.92 Å². The number of carbonyl (C=O) groups is 1. The van der Waals surface area contributed by atoms with E-state index in [9.17, 15) is 4.79 Å². The maximum Gasteiger partial charge on any atom is 0.272 e. The molecule has 1 aromatic carbocycles. The van der Waals surface area contributed by atoms with Gasteiger partial charge in [-0.1, -0.05) is 37.3 Å². The predicted octanol–water partition coefficient (Wildman–Crippen LogP) is 5.59. The summed E-state index contributed by atoms with van der Waals surface area (Å²) in [5.74, 6) is 2.12. The van der Waals surface area contributed by atoms with Crippen LogP contribution < -0.4 is 15.0 Å². The lowest BCUT2D eigenvalue weighted by Crippen LogP contribution is -2.40. The summed E-state index contributed by atoms with van der Waals surface area (Å²) in [5, 5.41) is 30.2. The summed E-state index contributed by atoms with van der Waals surface area (Å²) in [7, 11) is 0. The number of carbonyl (C=O) groups excluding carboxylic acids is 1. The van der Waals surface area contributed by atoms with Crippen molar-refractivity contribution in [3.63, 3.8) is 0 Å². The number of rotatable bonds is 11. The highest BCUT2D eigenvalue weighted by Crippen LogP contribution is 2.32. The number of halogens is 1. The largest absolute Gasteiger partial charge is 0.490 e. The first-order valence-electron chi connectivity index (χ1n) is 14.3. The van der Waals surface area contributed by atoms with E-state index in [1.807, 2.05) is 13.0 Å². The van der Waals surface area contributed by atoms with Crippen LogP contribution in [0.3, 0.4) is 0 Å². The molecule has 0 spiro atoms. The van der Waals surface area contributed by atoms with E-state index in [2.05, 4.69) is 26.5 Å². The normalized spacial score (nSPS) is 19.9. The summed E-state index contributed by atoms with van der Waals surface area (Å²) < 4.78 is 6.17. The predicted molar refractivity (Wildman–Crippen MR) is 152 cm³/mol. The highest BCUT2D eigenvalue weighted by molar-refractivity contribution is 6.32. The van der Waals surface area contributed by atoms with Gasteiger partial charge in [0.25, 0.3) is 5.91 Å². The minimum atomic E-state index is -0.187. The quantitative estimate of drug-likeness (QED) is 0.349. The number of aliphatic hydroxyl groups excluding tert-OH is 1. The number of hydrogen-bond acceptors (Lipinski definition) is 7. The number of nitrogens with zero attached hydrogens (tertiary/aromatic N) is 4. The van der Waals surface area contributed by atoms with E-state index in [4.69, 9.17) is 26.7 Å². The zero-order valence-corrected chi connectivity index (χ0v) is 23.6. The topological polar surface area (TPSA) is 111 Å². The summed E-state index contributed by atoms with van der Waals surface area (Å²) >= 11 is 6.27. The molecule has 1 saturated heterocycles. The molecule has 1 aliphatic carbocycles. The third kappa shape index (κ3) is 8.06. The van der Waals surface area contributed by atoms with Crippen LogP contribution in [0.4, 0.5) is 5.82 Å². The number of amides is 1. The van der Waals surface area contributed by atoms with Gasteiger partial charge in [0, 0.05) is 31.3 Å². The summed E-state index contributed by atoms with van der Waals surface area (Å²) in [6.45, 7) is 4.11. The number of hydrogen-bond donors (Lipinski definition) is 2. The van der Waals surface area contributed by atoms with Gasteiger partial charge in [0.1, 0.15) is 11.8 Å². The Hall–Kier alpha value is -2.89. The maximum absolute atomic E-state index is 12.8. The van der Waals surface area contributed by atoms with Gasteiger partial charge in [-0.25, -0.2) is 0 Å². The van der Waals surface area contributed by atoms with Crippen molar-refractivity contribution in [1.82, 2.24) is 15.5 Å². The molecule has 1 amide bonds. The Labute approximate surface area is 236 Å². The molecular formula is C30H40ClN5O3. The molecule has 8 nitrogen and oxygen atoms in total. The van der Waals surface area contributed by atoms with Crippen molar-refractivity contribution in [3.8, 4) is 11.8 Å². The minimum absolute atomic E-state index is 0.0512. The second-order valence-electron chi connectivity index (χ2n) is 10.9. The first-order valence-corrected chi connectivity index (χ1v) is 14.7. The first-order chi connectivity index (χ1) is 19.0. The number of piperidine rings is 1. The second-order valence-corrected chi connectivity index (χ2v) is 11.2. The Morgan fingerprint density at radius 1 is 1.08 bits per heavy atom. The van der Waals surface area contributed by atoms with Crippen LogP contribution in [0.1, 0.15) is 92.2 Å². The lowest BCUT2D eigenvalue weighted by molar-refractivity contribution is 0.0887. The van der Waals surface area contributed by atoms with Gasteiger partial charge in [-0.2, -0.15) is 5.26 Å². The standard InChI is InChI=1S/C30H40ClN5O3/c1-21-27(13-7-23(20-32)29(21)31)39-25-10-8-24(9-11-25)33-30(38)26-12-14-28(35-34-26)36-17-15-22(16-18-36)6-4-2-3-5-19-37/h7,12-14,22,24-25,37H,2-6,8-11,15-19H2,1H3,(H,33,38). The van der Waals surface area contributed by atoms with Crippen molar-refractivity contribution < 1.29 is 14.6 Å². The Balaban J connectivity index is 1.18. The number of anilines is 1. The van der Waals surface area contributed by atoms with Gasteiger partial charge in [0.15, 0.2) is 11.5 Å². The fourth-order valence-electron chi connectivity index (χ4n) is 5.61. The highest BCUT2D eigenvalue weighted by Gasteiger charge is 2.26. The Bertz CT molecular complexity index is 1120. The summed E-state index contributed by atoms with van der Waals surface area (Å²) in [6.07, 6.45) is 11.4. The average molecular weight is 554 g/mol. The first kappa shape index (κ1) is 29.1. The lowest BCUT2D eigenvalue weighted by atomic mass is 9.91. The molecule has 210 valence electrons. The molecule has 1 aromatic heterocycles. The summed E-state index contributed by atoms with van der Waals surface area (Å²) in [4.78, 5) is 15.1. The molecule has 0 bridgehead atoms. The minimum Gasteiger partial charge on any atom is -0.490 e. The zero-order chi connectivity index (χ0) is 27.6. The number of unbranched alkanes of at least 4 members (excludes halogenated alkanes) is 3. The number of ether oxygens (including phenoxy) is 1. The Morgan fingerprint density at radius 3 is 2.49 bits per heavy atom. The number of benzene rings is 1. The SMILES string of the molecule is Cc1c(OC2CCC(NC(=O)c3ccc(N4CCC(CCCCCCO)CC4)nn3)CC2)ccc(C#N)c1Cl. The number of nitriles is 1. The Kier molecular flexibility index (Phi) is 10.8. The van der Waals surface area contributed by atoms with Gasteiger partial charge in [-0.3, -0.25) is 4.79 Å². The zero-order valence-electron chi connectivity index (χ0n) is 22.9. The van der Waals surface area contributed by atoms with E-state index >= 15 is 0 Å². The van der Waals surface area contributed by atoms with E-state index in [1.54, 1.807) is 18.2 Å². The molecule has 0 unspecified atom stereocenters. The van der Waals surface area contributed by atoms with Crippen molar-refractivity contribution in [2.75, 3.05) is 24.6 Å². The number of aromatic nitrogens is 2. The molecule has 2 aromatic rings.